The Morgan fingerprint density at radius 1 is 0.950 bits per heavy atom. The number of nitrogens with zero attached hydrogens (tertiary/aromatic N) is 2. The van der Waals surface area contributed by atoms with Gasteiger partial charge in [0.05, 0.1) is 17.7 Å². The van der Waals surface area contributed by atoms with E-state index in [1.165, 1.54) is 4.90 Å². The fraction of sp³-hybridized carbons (Fsp3) is 0.182. The van der Waals surface area contributed by atoms with Gasteiger partial charge in [0.25, 0.3) is 11.7 Å². The number of benzene rings is 3. The van der Waals surface area contributed by atoms with Crippen molar-refractivity contribution >= 4 is 17.4 Å². The maximum Gasteiger partial charge on any atom is 0.295 e. The molecule has 1 atom stereocenters. The number of likely N-dealkylation sites (tertiary alicyclic amines) is 1. The lowest BCUT2D eigenvalue weighted by molar-refractivity contribution is -0.140. The van der Waals surface area contributed by atoms with Crippen LogP contribution in [0.4, 0.5) is 0 Å². The number of amides is 1. The molecule has 0 aliphatic carbocycles. The van der Waals surface area contributed by atoms with Crippen LogP contribution in [-0.2, 0) is 16.1 Å². The number of hydrogen-bond donors (Lipinski definition) is 1. The smallest absolute Gasteiger partial charge is 0.295 e. The van der Waals surface area contributed by atoms with Crippen molar-refractivity contribution in [3.05, 3.63) is 125 Å². The summed E-state index contributed by atoms with van der Waals surface area (Å²) in [5.41, 5.74) is 2.64. The van der Waals surface area contributed by atoms with Crippen molar-refractivity contribution in [3.8, 4) is 17.2 Å². The van der Waals surface area contributed by atoms with Gasteiger partial charge in [0.15, 0.2) is 0 Å². The Hall–Kier alpha value is -4.91. The Bertz CT molecular complexity index is 1560. The predicted octanol–water partition coefficient (Wildman–Crippen LogP) is 6.59. The number of aromatic nitrogens is 1. The molecule has 1 N–H and O–H groups in total. The third-order valence-electron chi connectivity index (χ3n) is 6.58. The number of aryl methyl sites for hydroxylation is 1. The summed E-state index contributed by atoms with van der Waals surface area (Å²) in [6.45, 7) is 5.89. The highest BCUT2D eigenvalue weighted by atomic mass is 16.5. The van der Waals surface area contributed by atoms with Crippen molar-refractivity contribution in [2.24, 2.45) is 0 Å². The van der Waals surface area contributed by atoms with Crippen LogP contribution >= 0.6 is 0 Å². The van der Waals surface area contributed by atoms with Crippen LogP contribution in [0.5, 0.6) is 17.2 Å². The van der Waals surface area contributed by atoms with E-state index in [0.29, 0.717) is 28.4 Å². The van der Waals surface area contributed by atoms with E-state index >= 15 is 0 Å². The van der Waals surface area contributed by atoms with Crippen LogP contribution in [0.2, 0.25) is 0 Å². The molecule has 40 heavy (non-hydrogen) atoms. The van der Waals surface area contributed by atoms with Crippen molar-refractivity contribution < 1.29 is 24.2 Å². The van der Waals surface area contributed by atoms with Gasteiger partial charge < -0.3 is 19.5 Å². The predicted molar refractivity (Wildman–Crippen MR) is 152 cm³/mol. The molecule has 202 valence electrons. The molecule has 5 rings (SSSR count). The number of rotatable bonds is 8. The summed E-state index contributed by atoms with van der Waals surface area (Å²) < 4.78 is 11.9. The van der Waals surface area contributed by atoms with E-state index in [9.17, 15) is 14.7 Å². The lowest BCUT2D eigenvalue weighted by Crippen LogP contribution is -2.29. The second kappa shape index (κ2) is 11.5. The van der Waals surface area contributed by atoms with Gasteiger partial charge in [-0.3, -0.25) is 14.6 Å². The fourth-order valence-electron chi connectivity index (χ4n) is 4.79. The van der Waals surface area contributed by atoms with E-state index < -0.39 is 17.7 Å². The van der Waals surface area contributed by atoms with Crippen molar-refractivity contribution in [3.63, 3.8) is 0 Å². The number of para-hydroxylation sites is 1. The molecule has 0 saturated carbocycles. The van der Waals surface area contributed by atoms with E-state index in [1.54, 1.807) is 54.9 Å². The number of Topliss-reactive ketones (excluding diaryl/α,β-unsaturated/α-hetero) is 1. The Kier molecular flexibility index (Phi) is 7.64. The Morgan fingerprint density at radius 2 is 1.73 bits per heavy atom. The monoisotopic (exact) mass is 534 g/mol. The third kappa shape index (κ3) is 5.59. The van der Waals surface area contributed by atoms with Gasteiger partial charge in [0.2, 0.25) is 0 Å². The molecular weight excluding hydrogens is 504 g/mol. The maximum absolute atomic E-state index is 13.5. The minimum atomic E-state index is -0.841. The number of aliphatic hydroxyl groups is 1. The minimum Gasteiger partial charge on any atom is -0.507 e. The zero-order chi connectivity index (χ0) is 28.2. The van der Waals surface area contributed by atoms with Crippen molar-refractivity contribution in [1.29, 1.82) is 0 Å². The van der Waals surface area contributed by atoms with E-state index in [0.717, 1.165) is 11.1 Å². The molecule has 1 aliphatic rings. The number of hydrogen-bond acceptors (Lipinski definition) is 6. The highest BCUT2D eigenvalue weighted by Crippen LogP contribution is 2.41. The summed E-state index contributed by atoms with van der Waals surface area (Å²) >= 11 is 0. The lowest BCUT2D eigenvalue weighted by atomic mass is 9.94. The average molecular weight is 535 g/mol. The number of pyridine rings is 1. The molecule has 7 nitrogen and oxygen atoms in total. The molecule has 2 heterocycles. The highest BCUT2D eigenvalue weighted by Gasteiger charge is 2.46. The number of aliphatic hydroxyl groups excluding tert-OH is 1. The van der Waals surface area contributed by atoms with Crippen LogP contribution in [0.25, 0.3) is 5.76 Å². The second-order valence-electron chi connectivity index (χ2n) is 9.92. The molecule has 7 heteroatoms. The quantitative estimate of drug-likeness (QED) is 0.156. The van der Waals surface area contributed by atoms with E-state index in [-0.39, 0.29) is 24.0 Å². The normalized spacial score (nSPS) is 16.4. The van der Waals surface area contributed by atoms with Crippen molar-refractivity contribution in [2.45, 2.75) is 39.5 Å². The zero-order valence-electron chi connectivity index (χ0n) is 22.6. The number of ketones is 1. The molecule has 1 aliphatic heterocycles. The molecule has 0 unspecified atom stereocenters. The molecule has 0 radical (unpaired) electrons. The second-order valence-corrected chi connectivity index (χ2v) is 9.92. The standard InChI is InChI=1S/C33H30N2O5/c1-21(2)39-28-15-14-25(17-22(28)3)31(36)29-30(35(33(38)32(29)37)20-23-9-8-16-34-19-23)24-10-7-13-27(18-24)40-26-11-5-4-6-12-26/h4-19,21,30,36H,20H2,1-3H3/t30-/m0/s1. The maximum atomic E-state index is 13.5. The van der Waals surface area contributed by atoms with Gasteiger partial charge in [-0.25, -0.2) is 0 Å². The molecule has 4 aromatic rings. The van der Waals surface area contributed by atoms with Gasteiger partial charge in [-0.1, -0.05) is 36.4 Å². The molecule has 1 amide bonds. The SMILES string of the molecule is Cc1cc(C(O)=C2C(=O)C(=O)N(Cc3cccnc3)[C@H]2c2cccc(Oc3ccccc3)c2)ccc1OC(C)C. The van der Waals surface area contributed by atoms with E-state index in [4.69, 9.17) is 9.47 Å². The Labute approximate surface area is 233 Å². The first-order chi connectivity index (χ1) is 19.3. The van der Waals surface area contributed by atoms with Crippen LogP contribution in [0, 0.1) is 6.92 Å². The van der Waals surface area contributed by atoms with Gasteiger partial charge in [0.1, 0.15) is 23.0 Å². The highest BCUT2D eigenvalue weighted by molar-refractivity contribution is 6.46. The first-order valence-electron chi connectivity index (χ1n) is 13.1. The van der Waals surface area contributed by atoms with Crippen LogP contribution in [0.3, 0.4) is 0 Å². The van der Waals surface area contributed by atoms with Crippen LogP contribution in [0.15, 0.2) is 103 Å². The van der Waals surface area contributed by atoms with Gasteiger partial charge in [0, 0.05) is 24.5 Å². The molecule has 3 aromatic carbocycles. The molecule has 0 bridgehead atoms. The molecular formula is C33H30N2O5. The lowest BCUT2D eigenvalue weighted by Gasteiger charge is -2.25. The van der Waals surface area contributed by atoms with Crippen LogP contribution in [0.1, 0.15) is 42.1 Å². The van der Waals surface area contributed by atoms with Gasteiger partial charge in [-0.15, -0.1) is 0 Å². The molecule has 0 spiro atoms. The first-order valence-corrected chi connectivity index (χ1v) is 13.1. The zero-order valence-corrected chi connectivity index (χ0v) is 22.6. The summed E-state index contributed by atoms with van der Waals surface area (Å²) in [4.78, 5) is 32.5. The number of ether oxygens (including phenoxy) is 2. The van der Waals surface area contributed by atoms with Crippen molar-refractivity contribution in [2.75, 3.05) is 0 Å². The van der Waals surface area contributed by atoms with Gasteiger partial charge in [-0.05, 0) is 86.0 Å². The third-order valence-corrected chi connectivity index (χ3v) is 6.58. The molecule has 1 aromatic heterocycles. The van der Waals surface area contributed by atoms with Gasteiger partial charge in [-0.2, -0.15) is 0 Å². The van der Waals surface area contributed by atoms with Crippen molar-refractivity contribution in [1.82, 2.24) is 9.88 Å². The summed E-state index contributed by atoms with van der Waals surface area (Å²) in [6, 6.07) is 24.6. The topological polar surface area (TPSA) is 89.0 Å². The number of carbonyl (C=O) groups excluding carboxylic acids is 2. The van der Waals surface area contributed by atoms with Gasteiger partial charge >= 0.3 is 0 Å². The van der Waals surface area contributed by atoms with E-state index in [1.807, 2.05) is 63.2 Å². The number of carbonyl (C=O) groups is 2. The molecule has 1 saturated heterocycles. The molecule has 1 fully saturated rings. The van der Waals surface area contributed by atoms with E-state index in [2.05, 4.69) is 4.98 Å². The Morgan fingerprint density at radius 3 is 2.42 bits per heavy atom. The first kappa shape index (κ1) is 26.7. The fourth-order valence-corrected chi connectivity index (χ4v) is 4.79. The summed E-state index contributed by atoms with van der Waals surface area (Å²) in [5, 5.41) is 11.5. The summed E-state index contributed by atoms with van der Waals surface area (Å²) in [7, 11) is 0. The minimum absolute atomic E-state index is 0.0127. The largest absolute Gasteiger partial charge is 0.507 e. The Balaban J connectivity index is 1.60. The van der Waals surface area contributed by atoms with Crippen LogP contribution < -0.4 is 9.47 Å². The average Bonchev–Trinajstić information content (AvgIpc) is 3.20. The van der Waals surface area contributed by atoms with Crippen LogP contribution in [-0.4, -0.2) is 32.8 Å². The summed E-state index contributed by atoms with van der Waals surface area (Å²) in [5.74, 6) is 0.198. The summed E-state index contributed by atoms with van der Waals surface area (Å²) in [6.07, 6.45) is 3.29.